The van der Waals surface area contributed by atoms with Crippen molar-refractivity contribution in [1.29, 1.82) is 5.26 Å². The van der Waals surface area contributed by atoms with Crippen LogP contribution in [0.25, 0.3) is 16.7 Å². The van der Waals surface area contributed by atoms with Crippen molar-refractivity contribution in [2.75, 3.05) is 13.6 Å². The second kappa shape index (κ2) is 8.68. The number of fused-ring (bicyclic) bond motifs is 1. The maximum absolute atomic E-state index is 12.0. The molecular formula is C22H21N7O. The lowest BCUT2D eigenvalue weighted by atomic mass is 10.1. The molecule has 0 atom stereocenters. The van der Waals surface area contributed by atoms with Gasteiger partial charge in [-0.15, -0.1) is 0 Å². The van der Waals surface area contributed by atoms with E-state index in [0.717, 1.165) is 31.5 Å². The third-order valence-electron chi connectivity index (χ3n) is 4.93. The maximum Gasteiger partial charge on any atom is 0.258 e. The van der Waals surface area contributed by atoms with Crippen LogP contribution in [0.3, 0.4) is 0 Å². The number of aromatic nitrogens is 5. The van der Waals surface area contributed by atoms with E-state index in [4.69, 9.17) is 5.26 Å². The van der Waals surface area contributed by atoms with Crippen molar-refractivity contribution in [3.63, 3.8) is 0 Å². The molecule has 0 fully saturated rings. The molecule has 8 nitrogen and oxygen atoms in total. The van der Waals surface area contributed by atoms with Gasteiger partial charge in [0.05, 0.1) is 29.5 Å². The van der Waals surface area contributed by atoms with Gasteiger partial charge in [0.1, 0.15) is 5.52 Å². The summed E-state index contributed by atoms with van der Waals surface area (Å²) < 4.78 is 1.67. The molecule has 0 saturated carbocycles. The second-order valence-electron chi connectivity index (χ2n) is 7.21. The molecular weight excluding hydrogens is 378 g/mol. The highest BCUT2D eigenvalue weighted by atomic mass is 16.1. The van der Waals surface area contributed by atoms with E-state index in [1.807, 2.05) is 36.7 Å². The number of hydrogen-bond acceptors (Lipinski definition) is 6. The summed E-state index contributed by atoms with van der Waals surface area (Å²) >= 11 is 0. The summed E-state index contributed by atoms with van der Waals surface area (Å²) in [6.07, 6.45) is 8.60. The van der Waals surface area contributed by atoms with E-state index in [9.17, 15) is 4.79 Å². The summed E-state index contributed by atoms with van der Waals surface area (Å²) in [4.78, 5) is 25.4. The van der Waals surface area contributed by atoms with E-state index in [-0.39, 0.29) is 5.56 Å². The van der Waals surface area contributed by atoms with Crippen molar-refractivity contribution in [3.05, 3.63) is 82.3 Å². The minimum Gasteiger partial charge on any atom is -0.313 e. The molecule has 0 aliphatic carbocycles. The zero-order chi connectivity index (χ0) is 20.9. The summed E-state index contributed by atoms with van der Waals surface area (Å²) in [7, 11) is 2.09. The summed E-state index contributed by atoms with van der Waals surface area (Å²) in [5, 5.41) is 13.8. The normalized spacial score (nSPS) is 11.1. The Bertz CT molecular complexity index is 1250. The molecule has 0 aliphatic rings. The first kappa shape index (κ1) is 19.5. The Hall–Kier alpha value is -3.83. The predicted molar refractivity (Wildman–Crippen MR) is 113 cm³/mol. The summed E-state index contributed by atoms with van der Waals surface area (Å²) in [6.45, 7) is 1.78. The Balaban J connectivity index is 1.37. The van der Waals surface area contributed by atoms with Crippen LogP contribution in [0.1, 0.15) is 23.1 Å². The van der Waals surface area contributed by atoms with Gasteiger partial charge in [0.2, 0.25) is 0 Å². The number of H-pyrrole nitrogens is 1. The fourth-order valence-electron chi connectivity index (χ4n) is 3.39. The van der Waals surface area contributed by atoms with Crippen LogP contribution < -0.4 is 5.56 Å². The fraction of sp³-hybridized carbons (Fsp3) is 0.227. The van der Waals surface area contributed by atoms with Crippen LogP contribution in [0.4, 0.5) is 0 Å². The van der Waals surface area contributed by atoms with Gasteiger partial charge in [-0.05, 0) is 55.8 Å². The lowest BCUT2D eigenvalue weighted by molar-refractivity contribution is 0.322. The molecule has 1 aromatic carbocycles. The highest BCUT2D eigenvalue weighted by molar-refractivity contribution is 5.83. The van der Waals surface area contributed by atoms with Crippen molar-refractivity contribution in [1.82, 2.24) is 29.6 Å². The van der Waals surface area contributed by atoms with Gasteiger partial charge < -0.3 is 9.88 Å². The van der Waals surface area contributed by atoms with Gasteiger partial charge in [-0.1, -0.05) is 12.1 Å². The second-order valence-corrected chi connectivity index (χ2v) is 7.21. The number of nitriles is 1. The average molecular weight is 399 g/mol. The van der Waals surface area contributed by atoms with Crippen LogP contribution in [-0.2, 0) is 13.0 Å². The first-order valence-electron chi connectivity index (χ1n) is 9.68. The number of pyridine rings is 1. The van der Waals surface area contributed by atoms with Gasteiger partial charge in [-0.2, -0.15) is 10.4 Å². The Morgan fingerprint density at radius 3 is 2.80 bits per heavy atom. The van der Waals surface area contributed by atoms with Gasteiger partial charge in [-0.3, -0.25) is 4.79 Å². The van der Waals surface area contributed by atoms with Crippen LogP contribution in [0.2, 0.25) is 0 Å². The first-order chi connectivity index (χ1) is 14.6. The van der Waals surface area contributed by atoms with E-state index in [1.165, 1.54) is 11.9 Å². The topological polar surface area (TPSA) is 103 Å². The van der Waals surface area contributed by atoms with Gasteiger partial charge in [0.15, 0.2) is 5.82 Å². The molecule has 0 unspecified atom stereocenters. The number of nitrogens with one attached hydrogen (secondary N) is 1. The van der Waals surface area contributed by atoms with Crippen molar-refractivity contribution in [2.24, 2.45) is 0 Å². The van der Waals surface area contributed by atoms with E-state index in [0.29, 0.717) is 22.3 Å². The van der Waals surface area contributed by atoms with Crippen LogP contribution in [0.5, 0.6) is 0 Å². The van der Waals surface area contributed by atoms with E-state index >= 15 is 0 Å². The number of aryl methyl sites for hydroxylation is 1. The molecule has 8 heteroatoms. The summed E-state index contributed by atoms with van der Waals surface area (Å²) in [6, 6.07) is 11.5. The smallest absolute Gasteiger partial charge is 0.258 e. The largest absolute Gasteiger partial charge is 0.313 e. The minimum absolute atomic E-state index is 0.193. The van der Waals surface area contributed by atoms with Gasteiger partial charge in [0.25, 0.3) is 5.56 Å². The quantitative estimate of drug-likeness (QED) is 0.512. The standard InChI is InChI=1S/C22H21N7O/c1-28(13-17-6-4-16(11-23)5-7-17)10-2-3-18-12-27-29(14-18)21-20-19(8-9-24-21)22(30)26-15-25-20/h4-9,12,14-15H,2-3,10,13H2,1H3,(H,25,26,30). The molecule has 0 saturated heterocycles. The van der Waals surface area contributed by atoms with E-state index in [1.54, 1.807) is 16.9 Å². The Morgan fingerprint density at radius 2 is 2.00 bits per heavy atom. The molecule has 0 radical (unpaired) electrons. The third-order valence-corrected chi connectivity index (χ3v) is 4.93. The molecule has 4 rings (SSSR count). The van der Waals surface area contributed by atoms with Gasteiger partial charge >= 0.3 is 0 Å². The average Bonchev–Trinajstić information content (AvgIpc) is 3.23. The van der Waals surface area contributed by atoms with Crippen molar-refractivity contribution in [2.45, 2.75) is 19.4 Å². The molecule has 0 aliphatic heterocycles. The van der Waals surface area contributed by atoms with Crippen molar-refractivity contribution >= 4 is 10.9 Å². The van der Waals surface area contributed by atoms with Gasteiger partial charge in [0, 0.05) is 18.9 Å². The minimum atomic E-state index is -0.193. The van der Waals surface area contributed by atoms with E-state index in [2.05, 4.69) is 38.1 Å². The molecule has 0 amide bonds. The molecule has 150 valence electrons. The third kappa shape index (κ3) is 4.26. The Morgan fingerprint density at radius 1 is 1.17 bits per heavy atom. The molecule has 1 N–H and O–H groups in total. The molecule has 3 heterocycles. The molecule has 30 heavy (non-hydrogen) atoms. The SMILES string of the molecule is CN(CCCc1cnn(-c2nccc3c(=O)[nH]cnc23)c1)Cc1ccc(C#N)cc1. The van der Waals surface area contributed by atoms with Crippen molar-refractivity contribution in [3.8, 4) is 11.9 Å². The summed E-state index contributed by atoms with van der Waals surface area (Å²) in [5.41, 5.74) is 3.30. The molecule has 0 spiro atoms. The number of hydrogen-bond donors (Lipinski definition) is 1. The Labute approximate surface area is 173 Å². The van der Waals surface area contributed by atoms with Crippen LogP contribution in [0.15, 0.2) is 60.0 Å². The zero-order valence-electron chi connectivity index (χ0n) is 16.6. The predicted octanol–water partition coefficient (Wildman–Crippen LogP) is 2.44. The molecule has 3 aromatic heterocycles. The van der Waals surface area contributed by atoms with Crippen molar-refractivity contribution < 1.29 is 0 Å². The van der Waals surface area contributed by atoms with Crippen LogP contribution in [0, 0.1) is 11.3 Å². The van der Waals surface area contributed by atoms with Crippen LogP contribution >= 0.6 is 0 Å². The van der Waals surface area contributed by atoms with E-state index < -0.39 is 0 Å². The number of rotatable bonds is 7. The highest BCUT2D eigenvalue weighted by Gasteiger charge is 2.10. The highest BCUT2D eigenvalue weighted by Crippen LogP contribution is 2.15. The summed E-state index contributed by atoms with van der Waals surface area (Å²) in [5.74, 6) is 0.544. The molecule has 0 bridgehead atoms. The zero-order valence-corrected chi connectivity index (χ0v) is 16.6. The first-order valence-corrected chi connectivity index (χ1v) is 9.68. The number of nitrogens with zero attached hydrogens (tertiary/aromatic N) is 6. The number of aromatic amines is 1. The lowest BCUT2D eigenvalue weighted by Crippen LogP contribution is -2.19. The number of benzene rings is 1. The Kier molecular flexibility index (Phi) is 5.63. The fourth-order valence-corrected chi connectivity index (χ4v) is 3.39. The maximum atomic E-state index is 12.0. The van der Waals surface area contributed by atoms with Gasteiger partial charge in [-0.25, -0.2) is 14.6 Å². The monoisotopic (exact) mass is 399 g/mol. The lowest BCUT2D eigenvalue weighted by Gasteiger charge is -2.16. The van der Waals surface area contributed by atoms with Crippen LogP contribution in [-0.4, -0.2) is 43.2 Å². The molecule has 4 aromatic rings.